The average Bonchev–Trinajstić information content (AvgIpc) is 3.02. The summed E-state index contributed by atoms with van der Waals surface area (Å²) >= 11 is 0. The second kappa shape index (κ2) is 6.33. The van der Waals surface area contributed by atoms with E-state index >= 15 is 0 Å². The highest BCUT2D eigenvalue weighted by Crippen LogP contribution is 2.20. The van der Waals surface area contributed by atoms with Crippen LogP contribution in [-0.4, -0.2) is 54.8 Å². The summed E-state index contributed by atoms with van der Waals surface area (Å²) in [6.07, 6.45) is 1.03. The van der Waals surface area contributed by atoms with Crippen LogP contribution in [-0.2, 0) is 6.54 Å². The molecule has 126 valence electrons. The van der Waals surface area contributed by atoms with Gasteiger partial charge in [-0.2, -0.15) is 0 Å². The number of benzene rings is 1. The van der Waals surface area contributed by atoms with Crippen LogP contribution in [0, 0.1) is 0 Å². The summed E-state index contributed by atoms with van der Waals surface area (Å²) in [4.78, 5) is 15.4. The van der Waals surface area contributed by atoms with Crippen molar-refractivity contribution in [3.8, 4) is 0 Å². The van der Waals surface area contributed by atoms with Gasteiger partial charge in [0.2, 0.25) is 0 Å². The van der Waals surface area contributed by atoms with E-state index in [0.717, 1.165) is 30.4 Å². The number of aromatic nitrogens is 3. The molecule has 2 N–H and O–H groups in total. The molecule has 0 bridgehead atoms. The molecule has 0 aliphatic carbocycles. The van der Waals surface area contributed by atoms with Gasteiger partial charge in [-0.3, -0.25) is 0 Å². The van der Waals surface area contributed by atoms with E-state index in [2.05, 4.69) is 17.4 Å². The lowest BCUT2D eigenvalue weighted by molar-refractivity contribution is -1.00. The van der Waals surface area contributed by atoms with Gasteiger partial charge in [0.1, 0.15) is 37.3 Å². The maximum absolute atomic E-state index is 12.1. The van der Waals surface area contributed by atoms with Crippen LogP contribution in [0.3, 0.4) is 0 Å². The zero-order chi connectivity index (χ0) is 16.5. The zero-order valence-corrected chi connectivity index (χ0v) is 13.9. The zero-order valence-electron chi connectivity index (χ0n) is 13.9. The van der Waals surface area contributed by atoms with Crippen LogP contribution >= 0.6 is 0 Å². The molecule has 0 amide bonds. The summed E-state index contributed by atoms with van der Waals surface area (Å²) in [6.45, 7) is 6.86. The molecule has 3 aromatic rings. The molecule has 0 saturated carbocycles. The van der Waals surface area contributed by atoms with E-state index in [-0.39, 0.29) is 0 Å². The lowest BCUT2D eigenvalue weighted by atomic mass is 10.2. The summed E-state index contributed by atoms with van der Waals surface area (Å²) in [5.41, 5.74) is 1.29. The highest BCUT2D eigenvalue weighted by molar-refractivity contribution is 6.00. The Balaban J connectivity index is 1.55. The van der Waals surface area contributed by atoms with Gasteiger partial charge in [0.25, 0.3) is 0 Å². The summed E-state index contributed by atoms with van der Waals surface area (Å²) < 4.78 is 7.18. The fourth-order valence-corrected chi connectivity index (χ4v) is 3.53. The third-order valence-electron chi connectivity index (χ3n) is 4.98. The topological polar surface area (TPSA) is 69.8 Å². The number of nitrogens with zero attached hydrogens (tertiary/aromatic N) is 3. The Labute approximate surface area is 139 Å². The maximum Gasteiger partial charge on any atom is 0.366 e. The molecule has 1 fully saturated rings. The molecule has 2 aromatic heterocycles. The largest absolute Gasteiger partial charge is 0.421 e. The highest BCUT2D eigenvalue weighted by atomic mass is 16.4. The molecule has 1 aromatic carbocycles. The van der Waals surface area contributed by atoms with Crippen molar-refractivity contribution in [1.29, 1.82) is 0 Å². The van der Waals surface area contributed by atoms with Gasteiger partial charge < -0.3 is 14.2 Å². The monoisotopic (exact) mass is 329 g/mol. The first-order valence-corrected chi connectivity index (χ1v) is 8.62. The number of aryl methyl sites for hydroxylation is 1. The first-order valence-electron chi connectivity index (χ1n) is 8.62. The average molecular weight is 329 g/mol. The van der Waals surface area contributed by atoms with Gasteiger partial charge in [-0.25, -0.2) is 9.48 Å². The van der Waals surface area contributed by atoms with Crippen molar-refractivity contribution in [3.05, 3.63) is 34.7 Å². The van der Waals surface area contributed by atoms with Gasteiger partial charge >= 0.3 is 5.63 Å². The van der Waals surface area contributed by atoms with Crippen molar-refractivity contribution in [2.75, 3.05) is 39.8 Å². The summed E-state index contributed by atoms with van der Waals surface area (Å²) in [5.74, 6) is 0. The number of likely N-dealkylation sites (N-methyl/N-ethyl adjacent to an activating group) is 1. The number of piperazine rings is 1. The van der Waals surface area contributed by atoms with E-state index in [1.807, 2.05) is 28.9 Å². The van der Waals surface area contributed by atoms with Crippen LogP contribution in [0.5, 0.6) is 0 Å². The molecule has 3 heterocycles. The minimum Gasteiger partial charge on any atom is -0.421 e. The number of quaternary nitrogens is 2. The van der Waals surface area contributed by atoms with Crippen molar-refractivity contribution >= 4 is 22.0 Å². The third kappa shape index (κ3) is 2.81. The molecule has 7 nitrogen and oxygen atoms in total. The van der Waals surface area contributed by atoms with Gasteiger partial charge in [-0.05, 0) is 12.1 Å². The van der Waals surface area contributed by atoms with Crippen LogP contribution in [0.4, 0.5) is 0 Å². The number of fused-ring (bicyclic) bond motifs is 3. The minimum atomic E-state index is -0.414. The van der Waals surface area contributed by atoms with Crippen LogP contribution in [0.1, 0.15) is 6.42 Å². The summed E-state index contributed by atoms with van der Waals surface area (Å²) in [5, 5.41) is 9.13. The van der Waals surface area contributed by atoms with Crippen molar-refractivity contribution < 1.29 is 14.2 Å². The Morgan fingerprint density at radius 2 is 2.00 bits per heavy atom. The van der Waals surface area contributed by atoms with Crippen molar-refractivity contribution in [2.24, 2.45) is 0 Å². The lowest BCUT2D eigenvalue weighted by Gasteiger charge is -2.27. The number of hydrogen-bond acceptors (Lipinski definition) is 4. The predicted molar refractivity (Wildman–Crippen MR) is 90.4 cm³/mol. The number of rotatable bonds is 4. The van der Waals surface area contributed by atoms with Crippen LogP contribution in [0.15, 0.2) is 33.5 Å². The standard InChI is InChI=1S/C17H21N5O2/c1-20-9-11-21(12-10-20)7-4-8-22-16-13-5-2-3-6-14(13)24-17(23)15(16)18-19-22/h2-3,5-6H,4,7-12H2,1H3/p+2. The van der Waals surface area contributed by atoms with Crippen LogP contribution in [0.25, 0.3) is 22.0 Å². The molecule has 0 unspecified atom stereocenters. The van der Waals surface area contributed by atoms with E-state index < -0.39 is 5.63 Å². The fraction of sp³-hybridized carbons (Fsp3) is 0.471. The Bertz CT molecular complexity index is 908. The Morgan fingerprint density at radius 1 is 1.21 bits per heavy atom. The van der Waals surface area contributed by atoms with Gasteiger partial charge in [-0.1, -0.05) is 17.3 Å². The van der Waals surface area contributed by atoms with Crippen LogP contribution in [0.2, 0.25) is 0 Å². The molecule has 0 atom stereocenters. The molecular weight excluding hydrogens is 306 g/mol. The molecule has 1 saturated heterocycles. The number of para-hydroxylation sites is 1. The van der Waals surface area contributed by atoms with E-state index in [1.54, 1.807) is 9.80 Å². The quantitative estimate of drug-likeness (QED) is 0.562. The maximum atomic E-state index is 12.1. The second-order valence-electron chi connectivity index (χ2n) is 6.71. The SMILES string of the molecule is C[NH+]1CC[NH+](CCCn2nnc3c(=O)oc4ccccc4c32)CC1. The van der Waals surface area contributed by atoms with Crippen LogP contribution < -0.4 is 15.4 Å². The van der Waals surface area contributed by atoms with Crippen molar-refractivity contribution in [3.63, 3.8) is 0 Å². The van der Waals surface area contributed by atoms with E-state index in [0.29, 0.717) is 11.1 Å². The van der Waals surface area contributed by atoms with Gasteiger partial charge in [0.05, 0.1) is 13.6 Å². The Kier molecular flexibility index (Phi) is 4.03. The van der Waals surface area contributed by atoms with Gasteiger partial charge in [-0.15, -0.1) is 5.10 Å². The molecule has 24 heavy (non-hydrogen) atoms. The minimum absolute atomic E-state index is 0.323. The lowest BCUT2D eigenvalue weighted by Crippen LogP contribution is -3.27. The Morgan fingerprint density at radius 3 is 2.83 bits per heavy atom. The second-order valence-corrected chi connectivity index (χ2v) is 6.71. The smallest absolute Gasteiger partial charge is 0.366 e. The molecule has 0 radical (unpaired) electrons. The molecule has 7 heteroatoms. The molecular formula is C17H23N5O2+2. The fourth-order valence-electron chi connectivity index (χ4n) is 3.53. The molecule has 0 spiro atoms. The van der Waals surface area contributed by atoms with E-state index in [9.17, 15) is 4.79 Å². The van der Waals surface area contributed by atoms with E-state index in [1.165, 1.54) is 26.2 Å². The molecule has 4 rings (SSSR count). The number of nitrogens with one attached hydrogen (secondary N) is 2. The van der Waals surface area contributed by atoms with E-state index in [4.69, 9.17) is 4.42 Å². The molecule has 1 aliphatic rings. The first kappa shape index (κ1) is 15.3. The number of hydrogen-bond donors (Lipinski definition) is 2. The Hall–Kier alpha value is -2.25. The summed E-state index contributed by atoms with van der Waals surface area (Å²) in [6, 6.07) is 7.57. The highest BCUT2D eigenvalue weighted by Gasteiger charge is 2.20. The summed E-state index contributed by atoms with van der Waals surface area (Å²) in [7, 11) is 2.26. The van der Waals surface area contributed by atoms with Gasteiger partial charge in [0, 0.05) is 18.4 Å². The molecule has 1 aliphatic heterocycles. The van der Waals surface area contributed by atoms with Crippen molar-refractivity contribution in [1.82, 2.24) is 15.0 Å². The normalized spacial score (nSPS) is 21.5. The predicted octanol–water partition coefficient (Wildman–Crippen LogP) is -1.66. The van der Waals surface area contributed by atoms with Crippen molar-refractivity contribution in [2.45, 2.75) is 13.0 Å². The first-order chi connectivity index (χ1) is 11.7. The van der Waals surface area contributed by atoms with Gasteiger partial charge in [0.15, 0.2) is 5.52 Å². The third-order valence-corrected chi connectivity index (χ3v) is 4.98.